The van der Waals surface area contributed by atoms with Gasteiger partial charge < -0.3 is 5.32 Å². The zero-order valence-electron chi connectivity index (χ0n) is 9.94. The fraction of sp³-hybridized carbons (Fsp3) is 0.500. The Labute approximate surface area is 112 Å². The van der Waals surface area contributed by atoms with E-state index < -0.39 is 23.5 Å². The molecule has 0 aromatic heterocycles. The van der Waals surface area contributed by atoms with Crippen LogP contribution in [-0.4, -0.2) is 31.1 Å². The van der Waals surface area contributed by atoms with Crippen LogP contribution in [0, 0.1) is 17.5 Å². The van der Waals surface area contributed by atoms with Crippen LogP contribution >= 0.6 is 15.9 Å². The summed E-state index contributed by atoms with van der Waals surface area (Å²) in [5.74, 6) is -2.85. The van der Waals surface area contributed by atoms with Gasteiger partial charge in [0.25, 0.3) is 0 Å². The molecule has 100 valence electrons. The second-order valence-electron chi connectivity index (χ2n) is 4.34. The molecule has 1 atom stereocenters. The van der Waals surface area contributed by atoms with Crippen molar-refractivity contribution in [2.24, 2.45) is 0 Å². The van der Waals surface area contributed by atoms with Crippen LogP contribution in [0.15, 0.2) is 10.5 Å². The normalized spacial score (nSPS) is 18.9. The number of piperazine rings is 1. The van der Waals surface area contributed by atoms with Crippen LogP contribution in [0.5, 0.6) is 0 Å². The molecule has 0 bridgehead atoms. The van der Waals surface area contributed by atoms with Crippen molar-refractivity contribution < 1.29 is 13.2 Å². The van der Waals surface area contributed by atoms with Crippen LogP contribution in [0.25, 0.3) is 0 Å². The summed E-state index contributed by atoms with van der Waals surface area (Å²) in [6, 6.07) is 0.331. The van der Waals surface area contributed by atoms with Crippen molar-refractivity contribution in [1.82, 2.24) is 10.2 Å². The molecule has 0 spiro atoms. The maximum Gasteiger partial charge on any atom is 0.166 e. The van der Waals surface area contributed by atoms with E-state index in [4.69, 9.17) is 0 Å². The first-order valence-corrected chi connectivity index (χ1v) is 6.59. The van der Waals surface area contributed by atoms with Crippen LogP contribution < -0.4 is 5.32 Å². The number of halogens is 4. The van der Waals surface area contributed by atoms with Crippen LogP contribution in [0.3, 0.4) is 0 Å². The number of rotatable bonds is 2. The Bertz CT molecular complexity index is 421. The zero-order chi connectivity index (χ0) is 13.3. The van der Waals surface area contributed by atoms with Gasteiger partial charge in [0.1, 0.15) is 5.82 Å². The second-order valence-corrected chi connectivity index (χ2v) is 5.20. The van der Waals surface area contributed by atoms with E-state index in [-0.39, 0.29) is 10.0 Å². The Morgan fingerprint density at radius 3 is 2.44 bits per heavy atom. The van der Waals surface area contributed by atoms with Crippen molar-refractivity contribution in [1.29, 1.82) is 0 Å². The lowest BCUT2D eigenvalue weighted by Gasteiger charge is -2.33. The molecule has 1 N–H and O–H groups in total. The third-order valence-electron chi connectivity index (χ3n) is 3.26. The standard InChI is InChI=1S/C12H14BrF3N2/c1-7(18-4-2-17-3-5-18)10-11(15)8(13)6-9(14)12(10)16/h6-7,17H,2-5H2,1H3. The van der Waals surface area contributed by atoms with Crippen LogP contribution in [0.2, 0.25) is 0 Å². The average molecular weight is 323 g/mol. The van der Waals surface area contributed by atoms with Crippen molar-refractivity contribution in [3.8, 4) is 0 Å². The summed E-state index contributed by atoms with van der Waals surface area (Å²) in [4.78, 5) is 1.93. The summed E-state index contributed by atoms with van der Waals surface area (Å²) in [6.07, 6.45) is 0. The summed E-state index contributed by atoms with van der Waals surface area (Å²) in [7, 11) is 0. The number of hydrogen-bond acceptors (Lipinski definition) is 2. The summed E-state index contributed by atoms with van der Waals surface area (Å²) in [5.41, 5.74) is -0.205. The van der Waals surface area contributed by atoms with Gasteiger partial charge >= 0.3 is 0 Å². The first-order valence-electron chi connectivity index (χ1n) is 5.80. The maximum atomic E-state index is 14.0. The molecule has 1 aliphatic rings. The lowest BCUT2D eigenvalue weighted by Crippen LogP contribution is -2.44. The molecule has 18 heavy (non-hydrogen) atoms. The highest BCUT2D eigenvalue weighted by atomic mass is 79.9. The molecule has 0 aliphatic carbocycles. The van der Waals surface area contributed by atoms with Gasteiger partial charge in [0.15, 0.2) is 11.6 Å². The van der Waals surface area contributed by atoms with E-state index >= 15 is 0 Å². The number of benzene rings is 1. The van der Waals surface area contributed by atoms with Gasteiger partial charge in [-0.15, -0.1) is 0 Å². The molecular formula is C12H14BrF3N2. The lowest BCUT2D eigenvalue weighted by atomic mass is 10.0. The van der Waals surface area contributed by atoms with E-state index in [1.54, 1.807) is 6.92 Å². The molecule has 1 heterocycles. The van der Waals surface area contributed by atoms with Gasteiger partial charge in [-0.2, -0.15) is 0 Å². The number of nitrogens with zero attached hydrogens (tertiary/aromatic N) is 1. The molecule has 0 amide bonds. The van der Waals surface area contributed by atoms with E-state index in [1.165, 1.54) is 0 Å². The van der Waals surface area contributed by atoms with E-state index in [0.29, 0.717) is 13.1 Å². The second kappa shape index (κ2) is 5.59. The fourth-order valence-electron chi connectivity index (χ4n) is 2.21. The third kappa shape index (κ3) is 2.55. The molecule has 1 unspecified atom stereocenters. The average Bonchev–Trinajstić information content (AvgIpc) is 2.37. The molecule has 1 saturated heterocycles. The van der Waals surface area contributed by atoms with Crippen molar-refractivity contribution in [3.63, 3.8) is 0 Å². The van der Waals surface area contributed by atoms with Gasteiger partial charge in [-0.05, 0) is 28.9 Å². The van der Waals surface area contributed by atoms with E-state index in [9.17, 15) is 13.2 Å². The molecule has 6 heteroatoms. The molecule has 0 saturated carbocycles. The van der Waals surface area contributed by atoms with Gasteiger partial charge in [0, 0.05) is 37.8 Å². The van der Waals surface area contributed by atoms with Crippen LogP contribution in [0.4, 0.5) is 13.2 Å². The number of nitrogens with one attached hydrogen (secondary N) is 1. The third-order valence-corrected chi connectivity index (χ3v) is 3.84. The Hall–Kier alpha value is -0.590. The maximum absolute atomic E-state index is 14.0. The first-order chi connectivity index (χ1) is 8.52. The molecule has 0 radical (unpaired) electrons. The SMILES string of the molecule is CC(c1c(F)c(F)cc(Br)c1F)N1CCNCC1. The summed E-state index contributed by atoms with van der Waals surface area (Å²) in [6.45, 7) is 4.61. The van der Waals surface area contributed by atoms with Crippen molar-refractivity contribution in [2.75, 3.05) is 26.2 Å². The topological polar surface area (TPSA) is 15.3 Å². The lowest BCUT2D eigenvalue weighted by molar-refractivity contribution is 0.178. The van der Waals surface area contributed by atoms with Gasteiger partial charge in [-0.1, -0.05) is 0 Å². The zero-order valence-corrected chi connectivity index (χ0v) is 11.5. The number of hydrogen-bond donors (Lipinski definition) is 1. The molecule has 1 aliphatic heterocycles. The fourth-order valence-corrected chi connectivity index (χ4v) is 2.62. The van der Waals surface area contributed by atoms with Crippen LogP contribution in [0.1, 0.15) is 18.5 Å². The largest absolute Gasteiger partial charge is 0.314 e. The predicted octanol–water partition coefficient (Wildman–Crippen LogP) is 2.83. The van der Waals surface area contributed by atoms with Crippen molar-refractivity contribution in [2.45, 2.75) is 13.0 Å². The summed E-state index contributed by atoms with van der Waals surface area (Å²) < 4.78 is 41.0. The molecule has 1 aromatic rings. The van der Waals surface area contributed by atoms with E-state index in [0.717, 1.165) is 19.2 Å². The van der Waals surface area contributed by atoms with Crippen molar-refractivity contribution in [3.05, 3.63) is 33.6 Å². The molecule has 2 nitrogen and oxygen atoms in total. The van der Waals surface area contributed by atoms with Crippen molar-refractivity contribution >= 4 is 15.9 Å². The minimum absolute atomic E-state index is 0.0432. The highest BCUT2D eigenvalue weighted by Crippen LogP contribution is 2.31. The molecule has 1 fully saturated rings. The monoisotopic (exact) mass is 322 g/mol. The smallest absolute Gasteiger partial charge is 0.166 e. The Morgan fingerprint density at radius 1 is 1.22 bits per heavy atom. The van der Waals surface area contributed by atoms with Gasteiger partial charge in [-0.3, -0.25) is 4.90 Å². The van der Waals surface area contributed by atoms with E-state index in [1.807, 2.05) is 4.90 Å². The van der Waals surface area contributed by atoms with Gasteiger partial charge in [-0.25, -0.2) is 13.2 Å². The van der Waals surface area contributed by atoms with E-state index in [2.05, 4.69) is 21.2 Å². The summed E-state index contributed by atoms with van der Waals surface area (Å²) in [5, 5.41) is 3.16. The minimum atomic E-state index is -1.10. The Morgan fingerprint density at radius 2 is 1.83 bits per heavy atom. The summed E-state index contributed by atoms with van der Waals surface area (Å²) >= 11 is 2.91. The van der Waals surface area contributed by atoms with Gasteiger partial charge in [0.2, 0.25) is 0 Å². The van der Waals surface area contributed by atoms with Gasteiger partial charge in [0.05, 0.1) is 4.47 Å². The van der Waals surface area contributed by atoms with Crippen LogP contribution in [-0.2, 0) is 0 Å². The quantitative estimate of drug-likeness (QED) is 0.842. The molecular weight excluding hydrogens is 309 g/mol. The molecule has 1 aromatic carbocycles. The Balaban J connectivity index is 2.37. The predicted molar refractivity (Wildman–Crippen MR) is 66.9 cm³/mol. The Kier molecular flexibility index (Phi) is 4.29. The first kappa shape index (κ1) is 13.8. The highest BCUT2D eigenvalue weighted by molar-refractivity contribution is 9.10. The molecule has 2 rings (SSSR count). The highest BCUT2D eigenvalue weighted by Gasteiger charge is 2.27. The minimum Gasteiger partial charge on any atom is -0.314 e.